The molecule has 1 aromatic heterocycles. The van der Waals surface area contributed by atoms with E-state index < -0.39 is 0 Å². The van der Waals surface area contributed by atoms with Crippen LogP contribution in [0.15, 0.2) is 34.2 Å². The number of halogens is 1. The van der Waals surface area contributed by atoms with Crippen molar-refractivity contribution in [2.45, 2.75) is 71.6 Å². The fourth-order valence-corrected chi connectivity index (χ4v) is 3.16. The highest BCUT2D eigenvalue weighted by Crippen LogP contribution is 2.22. The van der Waals surface area contributed by atoms with Gasteiger partial charge in [0.15, 0.2) is 0 Å². The third kappa shape index (κ3) is 8.57. The van der Waals surface area contributed by atoms with Crippen LogP contribution in [0.25, 0.3) is 0 Å². The van der Waals surface area contributed by atoms with Crippen molar-refractivity contribution in [3.8, 4) is 5.75 Å². The molecule has 0 fully saturated rings. The Hall–Kier alpha value is -2.34. The van der Waals surface area contributed by atoms with E-state index in [0.29, 0.717) is 23.3 Å². The molecule has 6 nitrogen and oxygen atoms in total. The third-order valence-corrected chi connectivity index (χ3v) is 5.04. The number of unbranched alkanes of at least 4 members (excludes halogenated alkanes) is 6. The van der Waals surface area contributed by atoms with Crippen molar-refractivity contribution < 1.29 is 4.74 Å². The first-order valence-electron chi connectivity index (χ1n) is 10.8. The number of hydrogen-bond donors (Lipinski definition) is 2. The van der Waals surface area contributed by atoms with E-state index >= 15 is 0 Å². The summed E-state index contributed by atoms with van der Waals surface area (Å²) in [5.74, 6) is 1.21. The largest absolute Gasteiger partial charge is 0.494 e. The van der Waals surface area contributed by atoms with Crippen molar-refractivity contribution in [3.63, 3.8) is 0 Å². The Morgan fingerprint density at radius 1 is 1.17 bits per heavy atom. The van der Waals surface area contributed by atoms with Gasteiger partial charge in [0, 0.05) is 11.6 Å². The molecule has 0 unspecified atom stereocenters. The predicted octanol–water partition coefficient (Wildman–Crippen LogP) is 6.12. The van der Waals surface area contributed by atoms with Crippen molar-refractivity contribution in [2.75, 3.05) is 12.0 Å². The van der Waals surface area contributed by atoms with Gasteiger partial charge in [0.25, 0.3) is 5.56 Å². The monoisotopic (exact) mass is 432 g/mol. The van der Waals surface area contributed by atoms with Gasteiger partial charge in [-0.15, -0.1) is 0 Å². The zero-order valence-electron chi connectivity index (χ0n) is 18.2. The normalized spacial score (nSPS) is 11.4. The SMILES string of the molecule is CCCCCCCCCOc1ccc(/C=N\Nc2nc(C(C)C)cc(=O)[nH]2)c(Cl)c1. The number of H-pyrrole nitrogens is 1. The van der Waals surface area contributed by atoms with Gasteiger partial charge in [-0.1, -0.05) is 70.9 Å². The molecular formula is C23H33ClN4O2. The van der Waals surface area contributed by atoms with E-state index in [2.05, 4.69) is 27.4 Å². The van der Waals surface area contributed by atoms with Crippen molar-refractivity contribution in [2.24, 2.45) is 5.10 Å². The maximum absolute atomic E-state index is 11.7. The first kappa shape index (κ1) is 23.9. The molecule has 30 heavy (non-hydrogen) atoms. The molecule has 1 aromatic carbocycles. The Morgan fingerprint density at radius 3 is 2.60 bits per heavy atom. The smallest absolute Gasteiger partial charge is 0.252 e. The molecule has 1 heterocycles. The zero-order chi connectivity index (χ0) is 21.8. The molecule has 0 aliphatic heterocycles. The second-order valence-electron chi connectivity index (χ2n) is 7.70. The summed E-state index contributed by atoms with van der Waals surface area (Å²) in [6.07, 6.45) is 10.4. The van der Waals surface area contributed by atoms with Crippen molar-refractivity contribution in [1.82, 2.24) is 9.97 Å². The van der Waals surface area contributed by atoms with Gasteiger partial charge in [0.1, 0.15) is 5.75 Å². The number of aromatic amines is 1. The molecular weight excluding hydrogens is 400 g/mol. The minimum atomic E-state index is -0.216. The maximum Gasteiger partial charge on any atom is 0.252 e. The van der Waals surface area contributed by atoms with E-state index in [4.69, 9.17) is 16.3 Å². The number of nitrogens with zero attached hydrogens (tertiary/aromatic N) is 2. The summed E-state index contributed by atoms with van der Waals surface area (Å²) >= 11 is 6.34. The van der Waals surface area contributed by atoms with Crippen molar-refractivity contribution in [1.29, 1.82) is 0 Å². The molecule has 2 aromatic rings. The van der Waals surface area contributed by atoms with Gasteiger partial charge in [0.2, 0.25) is 5.95 Å². The number of hydrazone groups is 1. The van der Waals surface area contributed by atoms with Crippen LogP contribution in [0, 0.1) is 0 Å². The molecule has 0 saturated carbocycles. The van der Waals surface area contributed by atoms with E-state index in [1.165, 1.54) is 44.6 Å². The average Bonchev–Trinajstić information content (AvgIpc) is 2.71. The van der Waals surface area contributed by atoms with Gasteiger partial charge in [0.05, 0.1) is 23.5 Å². The fraction of sp³-hybridized carbons (Fsp3) is 0.522. The van der Waals surface area contributed by atoms with Crippen LogP contribution in [0.1, 0.15) is 82.9 Å². The summed E-state index contributed by atoms with van der Waals surface area (Å²) in [6, 6.07) is 7.02. The van der Waals surface area contributed by atoms with Crippen LogP contribution in [0.3, 0.4) is 0 Å². The van der Waals surface area contributed by atoms with E-state index in [1.54, 1.807) is 12.3 Å². The standard InChI is InChI=1S/C23H33ClN4O2/c1-4-5-6-7-8-9-10-13-30-19-12-11-18(20(24)14-19)16-25-28-23-26-21(17(2)3)15-22(29)27-23/h11-12,14-17H,4-10,13H2,1-3H3,(H2,26,27,28,29)/b25-16-. The van der Waals surface area contributed by atoms with Gasteiger partial charge in [-0.3, -0.25) is 9.78 Å². The average molecular weight is 433 g/mol. The van der Waals surface area contributed by atoms with Gasteiger partial charge >= 0.3 is 0 Å². The fourth-order valence-electron chi connectivity index (χ4n) is 2.94. The summed E-state index contributed by atoms with van der Waals surface area (Å²) in [7, 11) is 0. The van der Waals surface area contributed by atoms with Crippen LogP contribution in [0.4, 0.5) is 5.95 Å². The van der Waals surface area contributed by atoms with Gasteiger partial charge in [-0.25, -0.2) is 10.4 Å². The molecule has 0 radical (unpaired) electrons. The maximum atomic E-state index is 11.7. The first-order chi connectivity index (χ1) is 14.5. The number of anilines is 1. The Morgan fingerprint density at radius 2 is 1.90 bits per heavy atom. The van der Waals surface area contributed by atoms with Crippen LogP contribution in [0.2, 0.25) is 5.02 Å². The Labute approximate surface area is 184 Å². The van der Waals surface area contributed by atoms with E-state index in [9.17, 15) is 4.79 Å². The van der Waals surface area contributed by atoms with Crippen molar-refractivity contribution >= 4 is 23.8 Å². The van der Waals surface area contributed by atoms with Crippen LogP contribution < -0.4 is 15.7 Å². The van der Waals surface area contributed by atoms with Crippen LogP contribution >= 0.6 is 11.6 Å². The lowest BCUT2D eigenvalue weighted by Gasteiger charge is -2.08. The topological polar surface area (TPSA) is 79.4 Å². The van der Waals surface area contributed by atoms with Gasteiger partial charge < -0.3 is 4.74 Å². The lowest BCUT2D eigenvalue weighted by molar-refractivity contribution is 0.304. The molecule has 0 spiro atoms. The first-order valence-corrected chi connectivity index (χ1v) is 11.2. The van der Waals surface area contributed by atoms with Crippen LogP contribution in [-0.2, 0) is 0 Å². The van der Waals surface area contributed by atoms with Crippen LogP contribution in [-0.4, -0.2) is 22.8 Å². The predicted molar refractivity (Wildman–Crippen MR) is 125 cm³/mol. The highest BCUT2D eigenvalue weighted by Gasteiger charge is 2.05. The highest BCUT2D eigenvalue weighted by atomic mass is 35.5. The Balaban J connectivity index is 1.80. The van der Waals surface area contributed by atoms with Crippen LogP contribution in [0.5, 0.6) is 5.75 Å². The molecule has 0 atom stereocenters. The second-order valence-corrected chi connectivity index (χ2v) is 8.10. The number of ether oxygens (including phenoxy) is 1. The Kier molecular flexibility index (Phi) is 10.4. The molecule has 2 N–H and O–H groups in total. The lowest BCUT2D eigenvalue weighted by atomic mass is 10.1. The number of nitrogens with one attached hydrogen (secondary N) is 2. The molecule has 0 aliphatic carbocycles. The zero-order valence-corrected chi connectivity index (χ0v) is 19.0. The molecule has 0 aliphatic rings. The molecule has 0 saturated heterocycles. The minimum Gasteiger partial charge on any atom is -0.494 e. The summed E-state index contributed by atoms with van der Waals surface area (Å²) < 4.78 is 5.80. The number of rotatable bonds is 13. The van der Waals surface area contributed by atoms with Crippen molar-refractivity contribution in [3.05, 3.63) is 50.9 Å². The Bertz CT molecular complexity index is 865. The minimum absolute atomic E-state index is 0.153. The summed E-state index contributed by atoms with van der Waals surface area (Å²) in [5.41, 5.74) is 3.99. The molecule has 164 valence electrons. The number of benzene rings is 1. The quantitative estimate of drug-likeness (QED) is 0.227. The van der Waals surface area contributed by atoms with E-state index in [-0.39, 0.29) is 11.5 Å². The molecule has 0 amide bonds. The highest BCUT2D eigenvalue weighted by molar-refractivity contribution is 6.33. The lowest BCUT2D eigenvalue weighted by Crippen LogP contribution is -2.12. The number of hydrogen-bond acceptors (Lipinski definition) is 5. The van der Waals surface area contributed by atoms with Gasteiger partial charge in [-0.05, 0) is 30.5 Å². The van der Waals surface area contributed by atoms with Gasteiger partial charge in [-0.2, -0.15) is 5.10 Å². The molecule has 0 bridgehead atoms. The second kappa shape index (κ2) is 13.1. The van der Waals surface area contributed by atoms with E-state index in [1.807, 2.05) is 26.0 Å². The number of aromatic nitrogens is 2. The van der Waals surface area contributed by atoms with E-state index in [0.717, 1.165) is 17.7 Å². The summed E-state index contributed by atoms with van der Waals surface area (Å²) in [4.78, 5) is 18.7. The summed E-state index contributed by atoms with van der Waals surface area (Å²) in [6.45, 7) is 6.89. The summed E-state index contributed by atoms with van der Waals surface area (Å²) in [5, 5.41) is 4.68. The third-order valence-electron chi connectivity index (χ3n) is 4.72. The molecule has 7 heteroatoms. The molecule has 2 rings (SSSR count).